The van der Waals surface area contributed by atoms with Gasteiger partial charge in [0.05, 0.1) is 7.11 Å². The van der Waals surface area contributed by atoms with Gasteiger partial charge in [-0.05, 0) is 50.8 Å². The number of ether oxygens (including phenoxy) is 3. The van der Waals surface area contributed by atoms with Crippen molar-refractivity contribution < 1.29 is 47.8 Å². The molecule has 15 nitrogen and oxygen atoms in total. The molecule has 0 aliphatic carbocycles. The van der Waals surface area contributed by atoms with Crippen LogP contribution in [0.25, 0.3) is 0 Å². The smallest absolute Gasteiger partial charge is 0.407 e. The van der Waals surface area contributed by atoms with E-state index >= 15 is 0 Å². The lowest BCUT2D eigenvalue weighted by Gasteiger charge is -2.29. The molecule has 4 atom stereocenters. The first-order chi connectivity index (χ1) is 28.4. The molecule has 330 valence electrons. The first-order valence-corrected chi connectivity index (χ1v) is 20.6. The van der Waals surface area contributed by atoms with Gasteiger partial charge in [0.15, 0.2) is 5.76 Å². The summed E-state index contributed by atoms with van der Waals surface area (Å²) >= 11 is 6.02. The molecule has 0 fully saturated rings. The quantitative estimate of drug-likeness (QED) is 0.0307. The molecule has 2 heterocycles. The van der Waals surface area contributed by atoms with E-state index in [0.29, 0.717) is 63.1 Å². The van der Waals surface area contributed by atoms with Crippen LogP contribution in [-0.2, 0) is 43.0 Å². The predicted octanol–water partition coefficient (Wildman–Crippen LogP) is 5.70. The number of esters is 1. The molecule has 0 spiro atoms. The predicted molar refractivity (Wildman–Crippen MR) is 229 cm³/mol. The molecule has 0 saturated heterocycles. The van der Waals surface area contributed by atoms with Crippen LogP contribution in [-0.4, -0.2) is 91.5 Å². The van der Waals surface area contributed by atoms with Crippen LogP contribution in [0.1, 0.15) is 92.9 Å². The van der Waals surface area contributed by atoms with Crippen molar-refractivity contribution in [1.82, 2.24) is 26.2 Å². The topological polar surface area (TPSA) is 199 Å². The number of carbonyl (C=O) groups excluding carboxylic acids is 7. The van der Waals surface area contributed by atoms with Crippen molar-refractivity contribution in [2.75, 3.05) is 26.7 Å². The number of nitrogens with one attached hydrogen (secondary N) is 4. The van der Waals surface area contributed by atoms with Crippen molar-refractivity contribution in [2.45, 2.75) is 111 Å². The highest BCUT2D eigenvalue weighted by Crippen LogP contribution is 2.23. The van der Waals surface area contributed by atoms with E-state index in [9.17, 15) is 33.6 Å². The first kappa shape index (κ1) is 50.7. The number of unbranched alkanes of at least 4 members (excludes halogenated alkanes) is 2. The summed E-state index contributed by atoms with van der Waals surface area (Å²) in [6.45, 7) is 12.0. The standard InChI is InChI=1S/C44H62ClN5O10/c1-30(29-31(2)34-21-22-35(58-7)42(56)60-34)15-10-11-18-37(52)49-40(44(4,5)6)41(55)47-25-13-16-33(20-19-32(3)45)59-43(57)48-27-14-26-46-36(51)17-9-8-12-28-50-38(53)23-24-39(50)54/h10-11,13,15,18-19,22-25,29,31,33-34,40H,8-9,12,14,16-17,20-21,26-28H2,1-7H3,(H,46,51)(H,47,55)(H,48,57)(H,49,52). The fraction of sp³-hybridized carbons (Fsp3) is 0.523. The first-order valence-electron chi connectivity index (χ1n) is 20.2. The van der Waals surface area contributed by atoms with E-state index in [-0.39, 0.29) is 48.5 Å². The Hall–Kier alpha value is -5.44. The highest BCUT2D eigenvalue weighted by molar-refractivity contribution is 6.29. The number of nitrogens with zero attached hydrogens (tertiary/aromatic N) is 1. The third kappa shape index (κ3) is 20.0. The summed E-state index contributed by atoms with van der Waals surface area (Å²) in [7, 11) is 1.43. The Morgan fingerprint density at radius 3 is 2.30 bits per heavy atom. The van der Waals surface area contributed by atoms with E-state index in [1.807, 2.05) is 46.8 Å². The van der Waals surface area contributed by atoms with Gasteiger partial charge in [-0.2, -0.15) is 0 Å². The van der Waals surface area contributed by atoms with E-state index in [0.717, 1.165) is 5.57 Å². The third-order valence-electron chi connectivity index (χ3n) is 9.27. The Balaban J connectivity index is 1.76. The average molecular weight is 856 g/mol. The second kappa shape index (κ2) is 26.6. The molecular weight excluding hydrogens is 794 g/mol. The lowest BCUT2D eigenvalue weighted by Crippen LogP contribution is -2.52. The van der Waals surface area contributed by atoms with E-state index in [1.165, 1.54) is 36.4 Å². The van der Waals surface area contributed by atoms with Gasteiger partial charge >= 0.3 is 12.1 Å². The maximum absolute atomic E-state index is 13.2. The van der Waals surface area contributed by atoms with Gasteiger partial charge in [-0.1, -0.05) is 87.7 Å². The van der Waals surface area contributed by atoms with Crippen LogP contribution in [0.15, 0.2) is 83.3 Å². The van der Waals surface area contributed by atoms with Gasteiger partial charge in [0.2, 0.25) is 17.7 Å². The molecule has 60 heavy (non-hydrogen) atoms. The van der Waals surface area contributed by atoms with Crippen molar-refractivity contribution in [2.24, 2.45) is 11.3 Å². The van der Waals surface area contributed by atoms with Gasteiger partial charge in [-0.15, -0.1) is 0 Å². The van der Waals surface area contributed by atoms with E-state index < -0.39 is 41.4 Å². The Bertz CT molecular complexity index is 1720. The molecule has 2 aliphatic rings. The molecule has 2 aliphatic heterocycles. The monoisotopic (exact) mass is 855 g/mol. The second-order valence-corrected chi connectivity index (χ2v) is 16.1. The number of hydrogen-bond acceptors (Lipinski definition) is 10. The summed E-state index contributed by atoms with van der Waals surface area (Å²) in [5.74, 6) is -1.94. The number of carbonyl (C=O) groups is 7. The zero-order valence-electron chi connectivity index (χ0n) is 35.8. The number of rotatable bonds is 24. The number of cyclic esters (lactones) is 1. The third-order valence-corrected chi connectivity index (χ3v) is 9.42. The number of amides is 6. The van der Waals surface area contributed by atoms with Crippen LogP contribution in [0.3, 0.4) is 0 Å². The average Bonchev–Trinajstić information content (AvgIpc) is 3.50. The Labute approximate surface area is 358 Å². The lowest BCUT2D eigenvalue weighted by molar-refractivity contribution is -0.151. The van der Waals surface area contributed by atoms with E-state index in [1.54, 1.807) is 37.3 Å². The molecule has 0 bridgehead atoms. The van der Waals surface area contributed by atoms with Gasteiger partial charge in [-0.3, -0.25) is 28.9 Å². The molecule has 0 aromatic heterocycles. The molecule has 4 unspecified atom stereocenters. The molecule has 0 aromatic carbocycles. The Morgan fingerprint density at radius 1 is 0.967 bits per heavy atom. The zero-order valence-corrected chi connectivity index (χ0v) is 36.6. The fourth-order valence-electron chi connectivity index (χ4n) is 5.93. The van der Waals surface area contributed by atoms with Crippen molar-refractivity contribution in [3.8, 4) is 0 Å². The fourth-order valence-corrected chi connectivity index (χ4v) is 6.02. The summed E-state index contributed by atoms with van der Waals surface area (Å²) in [4.78, 5) is 87.0. The zero-order chi connectivity index (χ0) is 44.7. The van der Waals surface area contributed by atoms with Crippen molar-refractivity contribution >= 4 is 53.2 Å². The largest absolute Gasteiger partial charge is 0.490 e. The summed E-state index contributed by atoms with van der Waals surface area (Å²) in [5, 5.41) is 11.5. The van der Waals surface area contributed by atoms with Crippen LogP contribution in [0.5, 0.6) is 0 Å². The molecule has 16 heteroatoms. The van der Waals surface area contributed by atoms with Crippen LogP contribution >= 0.6 is 11.6 Å². The molecule has 0 aromatic rings. The molecule has 4 N–H and O–H groups in total. The Morgan fingerprint density at radius 2 is 1.65 bits per heavy atom. The minimum absolute atomic E-state index is 0.0433. The number of halogens is 1. The van der Waals surface area contributed by atoms with E-state index in [4.69, 9.17) is 25.8 Å². The van der Waals surface area contributed by atoms with Gasteiger partial charge in [0, 0.05) is 74.5 Å². The van der Waals surface area contributed by atoms with Gasteiger partial charge in [-0.25, -0.2) is 9.59 Å². The van der Waals surface area contributed by atoms with Crippen LogP contribution < -0.4 is 21.3 Å². The normalized spacial score (nSPS) is 17.7. The van der Waals surface area contributed by atoms with Crippen LogP contribution in [0.4, 0.5) is 4.79 Å². The number of allylic oxidation sites excluding steroid dienone is 5. The van der Waals surface area contributed by atoms with Crippen LogP contribution in [0, 0.1) is 11.3 Å². The van der Waals surface area contributed by atoms with Crippen molar-refractivity contribution in [1.29, 1.82) is 0 Å². The number of hydrogen-bond donors (Lipinski definition) is 4. The molecule has 0 saturated carbocycles. The Kier molecular flexibility index (Phi) is 22.5. The lowest BCUT2D eigenvalue weighted by atomic mass is 9.86. The van der Waals surface area contributed by atoms with Crippen molar-refractivity contribution in [3.63, 3.8) is 0 Å². The summed E-state index contributed by atoms with van der Waals surface area (Å²) in [6, 6.07) is -0.871. The SMILES string of the molecule is COC1=CCC(C(C)C=C(C)C=CC=CC(=O)NC(C(=O)NC=CCC(CC=C(C)Cl)OC(=O)NCCCNC(=O)CCCCCN2C(=O)C=CC2=O)C(C)(C)C)OC1=O. The summed E-state index contributed by atoms with van der Waals surface area (Å²) < 4.78 is 16.0. The number of alkyl carbamates (subject to hydrolysis) is 1. The van der Waals surface area contributed by atoms with Gasteiger partial charge in [0.25, 0.3) is 11.8 Å². The van der Waals surface area contributed by atoms with Gasteiger partial charge < -0.3 is 35.5 Å². The summed E-state index contributed by atoms with van der Waals surface area (Å²) in [6.07, 6.45) is 19.8. The minimum Gasteiger partial charge on any atom is -0.490 e. The van der Waals surface area contributed by atoms with Gasteiger partial charge in [0.1, 0.15) is 18.2 Å². The van der Waals surface area contributed by atoms with E-state index in [2.05, 4.69) is 21.3 Å². The van der Waals surface area contributed by atoms with Crippen LogP contribution in [0.2, 0.25) is 0 Å². The van der Waals surface area contributed by atoms with Crippen molar-refractivity contribution in [3.05, 3.63) is 83.3 Å². The highest BCUT2D eigenvalue weighted by Gasteiger charge is 2.32. The number of imide groups is 1. The molecule has 0 radical (unpaired) electrons. The maximum atomic E-state index is 13.2. The summed E-state index contributed by atoms with van der Waals surface area (Å²) in [5.41, 5.74) is 0.292. The molecule has 2 rings (SSSR count). The molecular formula is C44H62ClN5O10. The molecule has 6 amide bonds. The highest BCUT2D eigenvalue weighted by atomic mass is 35.5. The maximum Gasteiger partial charge on any atom is 0.407 e. The minimum atomic E-state index is -0.871. The number of methoxy groups -OCH3 is 1. The second-order valence-electron chi connectivity index (χ2n) is 15.6.